The Bertz CT molecular complexity index is 852. The van der Waals surface area contributed by atoms with E-state index in [0.717, 1.165) is 23.3 Å². The summed E-state index contributed by atoms with van der Waals surface area (Å²) >= 11 is 0. The normalized spacial score (nSPS) is 18.4. The van der Waals surface area contributed by atoms with Gasteiger partial charge in [0.15, 0.2) is 0 Å². The summed E-state index contributed by atoms with van der Waals surface area (Å²) in [6.45, 7) is 2.23. The van der Waals surface area contributed by atoms with Crippen molar-refractivity contribution in [2.75, 3.05) is 0 Å². The number of rotatable bonds is 10. The van der Waals surface area contributed by atoms with Crippen LogP contribution in [0.25, 0.3) is 5.57 Å². The van der Waals surface area contributed by atoms with E-state index in [2.05, 4.69) is 31.2 Å². The van der Waals surface area contributed by atoms with Gasteiger partial charge in [-0.1, -0.05) is 87.2 Å². The van der Waals surface area contributed by atoms with Gasteiger partial charge in [-0.15, -0.1) is 0 Å². The van der Waals surface area contributed by atoms with Gasteiger partial charge in [0.25, 0.3) is 0 Å². The lowest BCUT2D eigenvalue weighted by molar-refractivity contribution is -0.138. The topological polar surface area (TPSA) is 50.2 Å². The van der Waals surface area contributed by atoms with Crippen LogP contribution in [0.3, 0.4) is 0 Å². The number of allylic oxidation sites excluding steroid dienone is 4. The molecule has 1 aliphatic rings. The molecule has 2 aromatic rings. The largest absolute Gasteiger partial charge is 0.481 e. The van der Waals surface area contributed by atoms with Crippen LogP contribution in [-0.4, -0.2) is 16.1 Å². The fourth-order valence-corrected chi connectivity index (χ4v) is 4.00. The Balaban J connectivity index is 1.72. The van der Waals surface area contributed by atoms with Gasteiger partial charge in [0, 0.05) is 11.6 Å². The second-order valence-corrected chi connectivity index (χ2v) is 8.01. The van der Waals surface area contributed by atoms with Gasteiger partial charge in [-0.2, -0.15) is 0 Å². The van der Waals surface area contributed by atoms with E-state index in [-0.39, 0.29) is 6.42 Å². The van der Waals surface area contributed by atoms with Crippen molar-refractivity contribution in [2.45, 2.75) is 63.7 Å². The molecule has 0 saturated heterocycles. The average molecular weight is 390 g/mol. The number of aliphatic carboxylic acids is 1. The summed E-state index contributed by atoms with van der Waals surface area (Å²) in [6, 6.07) is 14.3. The second kappa shape index (κ2) is 10.2. The third-order valence-corrected chi connectivity index (χ3v) is 5.75. The minimum absolute atomic E-state index is 0.0471. The minimum atomic E-state index is -0.798. The molecule has 0 aliphatic heterocycles. The van der Waals surface area contributed by atoms with Crippen LogP contribution in [0.2, 0.25) is 0 Å². The van der Waals surface area contributed by atoms with Crippen LogP contribution < -0.4 is 0 Å². The molecule has 1 N–H and O–H groups in total. The molecule has 0 fully saturated rings. The molecule has 1 heterocycles. The Hall–Kier alpha value is -2.68. The van der Waals surface area contributed by atoms with E-state index in [0.29, 0.717) is 6.42 Å². The Morgan fingerprint density at radius 1 is 1.07 bits per heavy atom. The molecular weight excluding hydrogens is 358 g/mol. The van der Waals surface area contributed by atoms with Crippen molar-refractivity contribution in [3.63, 3.8) is 0 Å². The highest BCUT2D eigenvalue weighted by Crippen LogP contribution is 2.38. The maximum atomic E-state index is 11.6. The maximum Gasteiger partial charge on any atom is 0.304 e. The molecule has 1 aromatic carbocycles. The van der Waals surface area contributed by atoms with Gasteiger partial charge < -0.3 is 5.11 Å². The number of nitrogens with zero attached hydrogens (tertiary/aromatic N) is 1. The number of aromatic nitrogens is 1. The zero-order valence-electron chi connectivity index (χ0n) is 17.3. The van der Waals surface area contributed by atoms with Crippen LogP contribution in [0.1, 0.15) is 68.7 Å². The number of benzene rings is 1. The molecule has 152 valence electrons. The molecule has 0 radical (unpaired) electrons. The first-order chi connectivity index (χ1) is 14.1. The SMILES string of the molecule is CCCCCCCc1ccc(C2(CC(=O)O)C=CC(c3ccccc3)=CC2)nc1. The highest BCUT2D eigenvalue weighted by molar-refractivity contribution is 5.77. The van der Waals surface area contributed by atoms with E-state index < -0.39 is 11.4 Å². The number of pyridine rings is 1. The highest BCUT2D eigenvalue weighted by atomic mass is 16.4. The van der Waals surface area contributed by atoms with E-state index in [1.54, 1.807) is 0 Å². The molecule has 0 spiro atoms. The summed E-state index contributed by atoms with van der Waals surface area (Å²) in [6.07, 6.45) is 16.2. The molecule has 0 saturated carbocycles. The Morgan fingerprint density at radius 3 is 2.48 bits per heavy atom. The molecule has 3 heteroatoms. The lowest BCUT2D eigenvalue weighted by Crippen LogP contribution is -2.29. The van der Waals surface area contributed by atoms with Gasteiger partial charge in [0.2, 0.25) is 0 Å². The molecule has 3 rings (SSSR count). The quantitative estimate of drug-likeness (QED) is 0.482. The van der Waals surface area contributed by atoms with Gasteiger partial charge in [0.1, 0.15) is 0 Å². The second-order valence-electron chi connectivity index (χ2n) is 8.01. The smallest absolute Gasteiger partial charge is 0.304 e. The zero-order chi connectivity index (χ0) is 20.5. The molecule has 1 aliphatic carbocycles. The number of hydrogen-bond acceptors (Lipinski definition) is 2. The molecule has 1 unspecified atom stereocenters. The third kappa shape index (κ3) is 5.66. The summed E-state index contributed by atoms with van der Waals surface area (Å²) < 4.78 is 0. The Kier molecular flexibility index (Phi) is 7.40. The molecule has 1 atom stereocenters. The van der Waals surface area contributed by atoms with Gasteiger partial charge in [-0.05, 0) is 42.0 Å². The monoisotopic (exact) mass is 389 g/mol. The number of aryl methyl sites for hydroxylation is 1. The summed E-state index contributed by atoms with van der Waals surface area (Å²) in [7, 11) is 0. The van der Waals surface area contributed by atoms with E-state index in [1.165, 1.54) is 37.7 Å². The molecule has 3 nitrogen and oxygen atoms in total. The van der Waals surface area contributed by atoms with Gasteiger partial charge in [-0.3, -0.25) is 9.78 Å². The number of unbranched alkanes of at least 4 members (excludes halogenated alkanes) is 4. The fraction of sp³-hybridized carbons (Fsp3) is 0.385. The number of carbonyl (C=O) groups is 1. The highest BCUT2D eigenvalue weighted by Gasteiger charge is 2.34. The first kappa shape index (κ1) is 21.0. The van der Waals surface area contributed by atoms with E-state index >= 15 is 0 Å². The lowest BCUT2D eigenvalue weighted by Gasteiger charge is -2.30. The standard InChI is InChI=1S/C26H31NO2/c1-2-3-4-5-7-10-21-13-14-24(27-20-21)26(19-25(28)29)17-15-23(16-18-26)22-11-8-6-9-12-22/h6,8-9,11-17,20H,2-5,7,10,18-19H2,1H3,(H,28,29). The lowest BCUT2D eigenvalue weighted by atomic mass is 9.73. The van der Waals surface area contributed by atoms with Gasteiger partial charge in [-0.25, -0.2) is 0 Å². The average Bonchev–Trinajstić information content (AvgIpc) is 2.75. The van der Waals surface area contributed by atoms with Crippen LogP contribution >= 0.6 is 0 Å². The molecule has 29 heavy (non-hydrogen) atoms. The summed E-state index contributed by atoms with van der Waals surface area (Å²) in [4.78, 5) is 16.3. The number of carboxylic acids is 1. The molecule has 1 aromatic heterocycles. The summed E-state index contributed by atoms with van der Waals surface area (Å²) in [5, 5.41) is 9.53. The van der Waals surface area contributed by atoms with Crippen LogP contribution in [0.5, 0.6) is 0 Å². The maximum absolute atomic E-state index is 11.6. The van der Waals surface area contributed by atoms with Crippen molar-refractivity contribution in [3.8, 4) is 0 Å². The number of hydrogen-bond donors (Lipinski definition) is 1. The number of carboxylic acid groups (broad SMARTS) is 1. The van der Waals surface area contributed by atoms with Crippen molar-refractivity contribution in [1.29, 1.82) is 0 Å². The van der Waals surface area contributed by atoms with Crippen LogP contribution in [0.4, 0.5) is 0 Å². The molecular formula is C26H31NO2. The zero-order valence-corrected chi connectivity index (χ0v) is 17.3. The van der Waals surface area contributed by atoms with Crippen LogP contribution in [0, 0.1) is 0 Å². The summed E-state index contributed by atoms with van der Waals surface area (Å²) in [5.41, 5.74) is 3.78. The van der Waals surface area contributed by atoms with E-state index in [9.17, 15) is 9.90 Å². The van der Waals surface area contributed by atoms with Crippen molar-refractivity contribution in [1.82, 2.24) is 4.98 Å². The first-order valence-electron chi connectivity index (χ1n) is 10.7. The first-order valence-corrected chi connectivity index (χ1v) is 10.7. The Morgan fingerprint density at radius 2 is 1.86 bits per heavy atom. The predicted molar refractivity (Wildman–Crippen MR) is 119 cm³/mol. The van der Waals surface area contributed by atoms with Crippen molar-refractivity contribution in [3.05, 3.63) is 83.7 Å². The van der Waals surface area contributed by atoms with E-state index in [1.807, 2.05) is 42.6 Å². The van der Waals surface area contributed by atoms with Gasteiger partial charge in [0.05, 0.1) is 12.1 Å². The van der Waals surface area contributed by atoms with Crippen molar-refractivity contribution in [2.24, 2.45) is 0 Å². The Labute approximate surface area is 174 Å². The minimum Gasteiger partial charge on any atom is -0.481 e. The molecule has 0 amide bonds. The van der Waals surface area contributed by atoms with Crippen LogP contribution in [0.15, 0.2) is 66.9 Å². The molecule has 0 bridgehead atoms. The predicted octanol–water partition coefficient (Wildman–Crippen LogP) is 6.35. The van der Waals surface area contributed by atoms with Crippen molar-refractivity contribution >= 4 is 11.5 Å². The third-order valence-electron chi connectivity index (χ3n) is 5.75. The van der Waals surface area contributed by atoms with Gasteiger partial charge >= 0.3 is 5.97 Å². The van der Waals surface area contributed by atoms with Crippen LogP contribution in [-0.2, 0) is 16.6 Å². The van der Waals surface area contributed by atoms with Crippen molar-refractivity contribution < 1.29 is 9.90 Å². The fourth-order valence-electron chi connectivity index (χ4n) is 4.00. The van der Waals surface area contributed by atoms with E-state index in [4.69, 9.17) is 4.98 Å². The summed E-state index contributed by atoms with van der Waals surface area (Å²) in [5.74, 6) is -0.798.